The van der Waals surface area contributed by atoms with Crippen molar-refractivity contribution >= 4 is 39.2 Å². The van der Waals surface area contributed by atoms with Gasteiger partial charge < -0.3 is 5.32 Å². The van der Waals surface area contributed by atoms with E-state index < -0.39 is 0 Å². The average Bonchev–Trinajstić information content (AvgIpc) is 2.83. The molecule has 0 aromatic carbocycles. The summed E-state index contributed by atoms with van der Waals surface area (Å²) in [6.45, 7) is 7.88. The van der Waals surface area contributed by atoms with E-state index >= 15 is 0 Å². The number of amides is 1. The fraction of sp³-hybridized carbons (Fsp3) is 0.385. The quantitative estimate of drug-likeness (QED) is 0.895. The van der Waals surface area contributed by atoms with E-state index in [2.05, 4.69) is 35.8 Å². The molecule has 2 heterocycles. The van der Waals surface area contributed by atoms with E-state index in [-0.39, 0.29) is 11.3 Å². The first-order valence-electron chi connectivity index (χ1n) is 6.06. The number of nitrogens with one attached hydrogen (secondary N) is 1. The van der Waals surface area contributed by atoms with Crippen LogP contribution in [-0.2, 0) is 5.41 Å². The molecule has 1 amide bonds. The van der Waals surface area contributed by atoms with E-state index in [0.29, 0.717) is 16.4 Å². The zero-order valence-electron chi connectivity index (χ0n) is 11.7. The summed E-state index contributed by atoms with van der Waals surface area (Å²) in [4.78, 5) is 17.1. The Labute approximate surface area is 130 Å². The first-order valence-corrected chi connectivity index (χ1v) is 7.63. The maximum absolute atomic E-state index is 12.3. The highest BCUT2D eigenvalue weighted by molar-refractivity contribution is 9.10. The smallest absolute Gasteiger partial charge is 0.270 e. The minimum absolute atomic E-state index is 0.220. The Hall–Kier alpha value is -1.34. The second-order valence-corrected chi connectivity index (χ2v) is 7.03. The van der Waals surface area contributed by atoms with E-state index in [1.807, 2.05) is 33.8 Å². The second-order valence-electron chi connectivity index (χ2n) is 5.42. The van der Waals surface area contributed by atoms with Crippen molar-refractivity contribution in [3.05, 3.63) is 32.9 Å². The van der Waals surface area contributed by atoms with Crippen LogP contribution < -0.4 is 5.32 Å². The molecule has 20 heavy (non-hydrogen) atoms. The van der Waals surface area contributed by atoms with Crippen LogP contribution in [0.3, 0.4) is 0 Å². The van der Waals surface area contributed by atoms with E-state index in [9.17, 15) is 4.79 Å². The second kappa shape index (κ2) is 5.57. The van der Waals surface area contributed by atoms with Gasteiger partial charge in [-0.05, 0) is 46.5 Å². The number of anilines is 1. The number of hydrogen-bond acceptors (Lipinski definition) is 5. The van der Waals surface area contributed by atoms with Crippen LogP contribution in [0.25, 0.3) is 0 Å². The van der Waals surface area contributed by atoms with Crippen molar-refractivity contribution in [1.82, 2.24) is 14.6 Å². The molecule has 0 unspecified atom stereocenters. The molecule has 2 rings (SSSR count). The van der Waals surface area contributed by atoms with Crippen molar-refractivity contribution in [3.63, 3.8) is 0 Å². The van der Waals surface area contributed by atoms with Gasteiger partial charge in [0.15, 0.2) is 0 Å². The average molecular weight is 355 g/mol. The predicted molar refractivity (Wildman–Crippen MR) is 83.2 cm³/mol. The normalized spacial score (nSPS) is 11.4. The molecule has 0 saturated carbocycles. The van der Waals surface area contributed by atoms with Gasteiger partial charge in [0, 0.05) is 9.89 Å². The molecule has 0 radical (unpaired) electrons. The number of halogens is 1. The zero-order chi connectivity index (χ0) is 14.9. The van der Waals surface area contributed by atoms with Crippen molar-refractivity contribution in [3.8, 4) is 0 Å². The van der Waals surface area contributed by atoms with Crippen LogP contribution in [0.5, 0.6) is 0 Å². The molecule has 0 spiro atoms. The van der Waals surface area contributed by atoms with Gasteiger partial charge in [-0.2, -0.15) is 0 Å². The molecular formula is C13H15BrN4OS. The van der Waals surface area contributed by atoms with Crippen LogP contribution in [0, 0.1) is 6.92 Å². The van der Waals surface area contributed by atoms with Crippen molar-refractivity contribution in [2.75, 3.05) is 5.32 Å². The number of aromatic nitrogens is 3. The van der Waals surface area contributed by atoms with Crippen LogP contribution in [-0.4, -0.2) is 20.5 Å². The lowest BCUT2D eigenvalue weighted by atomic mass is 9.91. The fourth-order valence-electron chi connectivity index (χ4n) is 1.62. The number of pyridine rings is 1. The maximum atomic E-state index is 12.3. The minimum Gasteiger partial charge on any atom is -0.306 e. The third kappa shape index (κ3) is 3.21. The van der Waals surface area contributed by atoms with Gasteiger partial charge in [-0.1, -0.05) is 25.3 Å². The lowest BCUT2D eigenvalue weighted by Gasteiger charge is -2.16. The van der Waals surface area contributed by atoms with E-state index in [0.717, 1.165) is 21.7 Å². The number of aryl methyl sites for hydroxylation is 1. The number of nitrogens with zero attached hydrogens (tertiary/aromatic N) is 3. The standard InChI is InChI=1S/C13H15BrN4OS/c1-7-8(14)5-6-9(15-7)16-12(19)10-11(13(2,3)4)17-18-20-10/h5-6H,1-4H3,(H,15,16,19). The van der Waals surface area contributed by atoms with Crippen LogP contribution in [0.15, 0.2) is 16.6 Å². The number of carbonyl (C=O) groups is 1. The molecule has 0 bridgehead atoms. The Kier molecular flexibility index (Phi) is 4.19. The van der Waals surface area contributed by atoms with E-state index in [4.69, 9.17) is 0 Å². The Morgan fingerprint density at radius 2 is 2.05 bits per heavy atom. The molecule has 0 aliphatic rings. The summed E-state index contributed by atoms with van der Waals surface area (Å²) in [7, 11) is 0. The summed E-state index contributed by atoms with van der Waals surface area (Å²) < 4.78 is 4.79. The van der Waals surface area contributed by atoms with Gasteiger partial charge in [0.25, 0.3) is 5.91 Å². The van der Waals surface area contributed by atoms with Gasteiger partial charge in [-0.25, -0.2) is 4.98 Å². The fourth-order valence-corrected chi connectivity index (χ4v) is 2.61. The van der Waals surface area contributed by atoms with E-state index in [1.165, 1.54) is 0 Å². The first kappa shape index (κ1) is 15.1. The van der Waals surface area contributed by atoms with Gasteiger partial charge in [0.05, 0.1) is 11.4 Å². The predicted octanol–water partition coefficient (Wildman–Crippen LogP) is 3.55. The third-order valence-corrected chi connectivity index (χ3v) is 4.23. The lowest BCUT2D eigenvalue weighted by Crippen LogP contribution is -2.20. The van der Waals surface area contributed by atoms with Crippen LogP contribution in [0.1, 0.15) is 41.8 Å². The lowest BCUT2D eigenvalue weighted by molar-refractivity contribution is 0.102. The third-order valence-electron chi connectivity index (χ3n) is 2.67. The first-order chi connectivity index (χ1) is 9.29. The number of rotatable bonds is 2. The van der Waals surface area contributed by atoms with Crippen molar-refractivity contribution in [2.24, 2.45) is 0 Å². The molecule has 0 fully saturated rings. The highest BCUT2D eigenvalue weighted by Gasteiger charge is 2.26. The van der Waals surface area contributed by atoms with Crippen LogP contribution in [0.2, 0.25) is 0 Å². The summed E-state index contributed by atoms with van der Waals surface area (Å²) >= 11 is 4.48. The van der Waals surface area contributed by atoms with Gasteiger partial charge >= 0.3 is 0 Å². The molecule has 7 heteroatoms. The zero-order valence-corrected chi connectivity index (χ0v) is 14.1. The Balaban J connectivity index is 2.25. The van der Waals surface area contributed by atoms with Crippen molar-refractivity contribution in [1.29, 1.82) is 0 Å². The Bertz CT molecular complexity index is 648. The molecule has 0 aliphatic heterocycles. The molecule has 0 atom stereocenters. The summed E-state index contributed by atoms with van der Waals surface area (Å²) in [6.07, 6.45) is 0. The van der Waals surface area contributed by atoms with Gasteiger partial charge in [0.1, 0.15) is 10.7 Å². The number of carbonyl (C=O) groups excluding carboxylic acids is 1. The topological polar surface area (TPSA) is 67.8 Å². The molecule has 5 nitrogen and oxygen atoms in total. The largest absolute Gasteiger partial charge is 0.306 e. The van der Waals surface area contributed by atoms with Gasteiger partial charge in [-0.3, -0.25) is 4.79 Å². The summed E-state index contributed by atoms with van der Waals surface area (Å²) in [5.74, 6) is 0.295. The summed E-state index contributed by atoms with van der Waals surface area (Å²) in [5.41, 5.74) is 1.30. The summed E-state index contributed by atoms with van der Waals surface area (Å²) in [6, 6.07) is 3.60. The van der Waals surface area contributed by atoms with Crippen LogP contribution >= 0.6 is 27.5 Å². The number of hydrogen-bond donors (Lipinski definition) is 1. The Morgan fingerprint density at radius 1 is 1.35 bits per heavy atom. The van der Waals surface area contributed by atoms with Crippen LogP contribution in [0.4, 0.5) is 5.82 Å². The molecule has 2 aromatic rings. The van der Waals surface area contributed by atoms with Gasteiger partial charge in [0.2, 0.25) is 0 Å². The minimum atomic E-state index is -0.223. The molecule has 106 valence electrons. The highest BCUT2D eigenvalue weighted by Crippen LogP contribution is 2.26. The van der Waals surface area contributed by atoms with Crippen molar-refractivity contribution in [2.45, 2.75) is 33.1 Å². The molecular weight excluding hydrogens is 340 g/mol. The van der Waals surface area contributed by atoms with E-state index in [1.54, 1.807) is 6.07 Å². The monoisotopic (exact) mass is 354 g/mol. The molecule has 2 aromatic heterocycles. The Morgan fingerprint density at radius 3 is 2.65 bits per heavy atom. The summed E-state index contributed by atoms with van der Waals surface area (Å²) in [5, 5.41) is 6.85. The van der Waals surface area contributed by atoms with Crippen molar-refractivity contribution < 1.29 is 4.79 Å². The molecule has 0 saturated heterocycles. The molecule has 1 N–H and O–H groups in total. The molecule has 0 aliphatic carbocycles. The maximum Gasteiger partial charge on any atom is 0.270 e. The van der Waals surface area contributed by atoms with Gasteiger partial charge in [-0.15, -0.1) is 5.10 Å². The highest BCUT2D eigenvalue weighted by atomic mass is 79.9. The SMILES string of the molecule is Cc1nc(NC(=O)c2snnc2C(C)(C)C)ccc1Br.